The molecular weight excluding hydrogens is 667 g/mol. The summed E-state index contributed by atoms with van der Waals surface area (Å²) >= 11 is 3.90. The van der Waals surface area contributed by atoms with Crippen LogP contribution in [0.3, 0.4) is 0 Å². The molecule has 0 aromatic carbocycles. The number of hydrogen-bond donors (Lipinski definition) is 6. The normalized spacial score (nSPS) is 13.6. The van der Waals surface area contributed by atoms with Gasteiger partial charge in [0.2, 0.25) is 0 Å². The Morgan fingerprint density at radius 2 is 1.33 bits per heavy atom. The molecule has 10 N–H and O–H groups in total. The van der Waals surface area contributed by atoms with Crippen molar-refractivity contribution in [1.82, 2.24) is 25.6 Å². The fourth-order valence-corrected chi connectivity index (χ4v) is 8.54. The maximum atomic E-state index is 14.0. The number of carbonyl (C=O) groups excluding carboxylic acids is 3. The van der Waals surface area contributed by atoms with Gasteiger partial charge in [-0.05, 0) is 77.3 Å². The summed E-state index contributed by atoms with van der Waals surface area (Å²) in [6.45, 7) is 13.1. The Hall–Kier alpha value is -2.82. The minimum Gasteiger partial charge on any atom is -0.365 e. The summed E-state index contributed by atoms with van der Waals surface area (Å²) in [4.78, 5) is 55.7. The first-order valence-corrected chi connectivity index (χ1v) is 19.2. The molecule has 0 fully saturated rings. The molecule has 3 atom stereocenters. The number of nitrogens with one attached hydrogen (secondary N) is 2. The quantitative estimate of drug-likeness (QED) is 0.0857. The molecule has 0 radical (unpaired) electrons. The maximum absolute atomic E-state index is 14.0. The molecule has 0 aliphatic rings. The van der Waals surface area contributed by atoms with Gasteiger partial charge in [0.25, 0.3) is 17.7 Å². The molecule has 0 aliphatic heterocycles. The fraction of sp³-hybridized carbons (Fsp3) is 0.636. The van der Waals surface area contributed by atoms with Crippen LogP contribution < -0.4 is 33.6 Å². The van der Waals surface area contributed by atoms with Gasteiger partial charge in [0.1, 0.15) is 14.6 Å². The SMILES string of the molecule is Cc1nc([C@@H](N)CCCCN)c(C(=O)N[C@@H](CC(C)C)c2nc(CCCCN)sc2C(=O)N[C@@H](C)c2nc(CC(C)C)sc2C(N)=O)s1. The van der Waals surface area contributed by atoms with Crippen molar-refractivity contribution in [1.29, 1.82) is 0 Å². The molecule has 12 nitrogen and oxygen atoms in total. The van der Waals surface area contributed by atoms with Crippen molar-refractivity contribution in [3.05, 3.63) is 46.7 Å². The average Bonchev–Trinajstić information content (AvgIpc) is 3.73. The van der Waals surface area contributed by atoms with E-state index < -0.39 is 18.0 Å². The Bertz CT molecular complexity index is 1510. The van der Waals surface area contributed by atoms with Gasteiger partial charge in [-0.15, -0.1) is 34.0 Å². The zero-order valence-corrected chi connectivity index (χ0v) is 31.5. The van der Waals surface area contributed by atoms with Crippen molar-refractivity contribution in [3.63, 3.8) is 0 Å². The van der Waals surface area contributed by atoms with Gasteiger partial charge in [0.05, 0.1) is 44.2 Å². The number of nitrogens with two attached hydrogens (primary N) is 4. The molecule has 3 aromatic heterocycles. The lowest BCUT2D eigenvalue weighted by molar-refractivity contribution is 0.0916. The van der Waals surface area contributed by atoms with Crippen LogP contribution >= 0.6 is 34.0 Å². The first-order chi connectivity index (χ1) is 22.7. The third-order valence-corrected chi connectivity index (χ3v) is 10.9. The number of hydrogen-bond acceptors (Lipinski definition) is 12. The number of aromatic nitrogens is 3. The van der Waals surface area contributed by atoms with E-state index in [0.717, 1.165) is 40.7 Å². The number of rotatable bonds is 20. The summed E-state index contributed by atoms with van der Waals surface area (Å²) in [5.41, 5.74) is 25.2. The Morgan fingerprint density at radius 1 is 0.729 bits per heavy atom. The molecular formula is C33H53N9O3S3. The topological polar surface area (TPSA) is 218 Å². The van der Waals surface area contributed by atoms with Crippen LogP contribution in [0.25, 0.3) is 0 Å². The molecule has 48 heavy (non-hydrogen) atoms. The van der Waals surface area contributed by atoms with E-state index in [1.54, 1.807) is 6.92 Å². The summed E-state index contributed by atoms with van der Waals surface area (Å²) in [7, 11) is 0. The molecule has 3 aromatic rings. The minimum absolute atomic E-state index is 0.182. The van der Waals surface area contributed by atoms with E-state index in [2.05, 4.69) is 43.3 Å². The second-order valence-electron chi connectivity index (χ2n) is 13.0. The van der Waals surface area contributed by atoms with Gasteiger partial charge in [-0.2, -0.15) is 0 Å². The van der Waals surface area contributed by atoms with Crippen LogP contribution in [0.15, 0.2) is 0 Å². The summed E-state index contributed by atoms with van der Waals surface area (Å²) in [6, 6.07) is -1.52. The van der Waals surface area contributed by atoms with Gasteiger partial charge in [-0.3, -0.25) is 14.4 Å². The Balaban J connectivity index is 1.97. The summed E-state index contributed by atoms with van der Waals surface area (Å²) in [5.74, 6) is -0.693. The van der Waals surface area contributed by atoms with Gasteiger partial charge in [0, 0.05) is 12.5 Å². The van der Waals surface area contributed by atoms with Crippen molar-refractivity contribution < 1.29 is 14.4 Å². The van der Waals surface area contributed by atoms with Crippen molar-refractivity contribution in [2.75, 3.05) is 13.1 Å². The maximum Gasteiger partial charge on any atom is 0.263 e. The van der Waals surface area contributed by atoms with Crippen LogP contribution in [-0.4, -0.2) is 45.8 Å². The third kappa shape index (κ3) is 11.1. The van der Waals surface area contributed by atoms with E-state index in [0.29, 0.717) is 76.4 Å². The van der Waals surface area contributed by atoms with Crippen LogP contribution in [0.1, 0.15) is 152 Å². The van der Waals surface area contributed by atoms with E-state index in [4.69, 9.17) is 32.9 Å². The van der Waals surface area contributed by atoms with Crippen LogP contribution in [0, 0.1) is 18.8 Å². The molecule has 0 unspecified atom stereocenters. The molecule has 3 amide bonds. The largest absolute Gasteiger partial charge is 0.365 e. The fourth-order valence-electron chi connectivity index (χ4n) is 5.36. The zero-order chi connectivity index (χ0) is 35.5. The molecule has 0 aliphatic carbocycles. The lowest BCUT2D eigenvalue weighted by Gasteiger charge is -2.21. The van der Waals surface area contributed by atoms with Crippen molar-refractivity contribution >= 4 is 51.7 Å². The lowest BCUT2D eigenvalue weighted by atomic mass is 9.99. The van der Waals surface area contributed by atoms with Gasteiger partial charge < -0.3 is 33.6 Å². The van der Waals surface area contributed by atoms with Crippen LogP contribution in [0.5, 0.6) is 0 Å². The lowest BCUT2D eigenvalue weighted by Crippen LogP contribution is -2.33. The van der Waals surface area contributed by atoms with Crippen molar-refractivity contribution in [2.45, 2.75) is 111 Å². The molecule has 0 saturated carbocycles. The summed E-state index contributed by atoms with van der Waals surface area (Å²) < 4.78 is 0. The van der Waals surface area contributed by atoms with E-state index >= 15 is 0 Å². The number of aryl methyl sites for hydroxylation is 2. The monoisotopic (exact) mass is 719 g/mol. The van der Waals surface area contributed by atoms with E-state index in [1.807, 2.05) is 6.92 Å². The van der Waals surface area contributed by atoms with E-state index in [-0.39, 0.29) is 23.8 Å². The van der Waals surface area contributed by atoms with E-state index in [9.17, 15) is 14.4 Å². The van der Waals surface area contributed by atoms with Crippen LogP contribution in [0.4, 0.5) is 0 Å². The van der Waals surface area contributed by atoms with Crippen LogP contribution in [0.2, 0.25) is 0 Å². The van der Waals surface area contributed by atoms with Crippen molar-refractivity contribution in [2.24, 2.45) is 34.8 Å². The number of amides is 3. The summed E-state index contributed by atoms with van der Waals surface area (Å²) in [6.07, 6.45) is 5.94. The van der Waals surface area contributed by atoms with Gasteiger partial charge in [-0.25, -0.2) is 15.0 Å². The molecule has 0 spiro atoms. The number of nitrogens with zero attached hydrogens (tertiary/aromatic N) is 3. The number of primary amides is 1. The molecule has 0 bridgehead atoms. The second-order valence-corrected chi connectivity index (χ2v) is 16.4. The Kier molecular flexibility index (Phi) is 15.5. The highest BCUT2D eigenvalue weighted by atomic mass is 32.1. The molecule has 3 rings (SSSR count). The average molecular weight is 720 g/mol. The predicted molar refractivity (Wildman–Crippen MR) is 196 cm³/mol. The van der Waals surface area contributed by atoms with Crippen molar-refractivity contribution in [3.8, 4) is 0 Å². The Labute approximate surface area is 296 Å². The smallest absolute Gasteiger partial charge is 0.263 e. The van der Waals surface area contributed by atoms with Gasteiger partial charge in [-0.1, -0.05) is 34.1 Å². The number of thiazole rings is 3. The molecule has 15 heteroatoms. The van der Waals surface area contributed by atoms with Gasteiger partial charge in [0.15, 0.2) is 0 Å². The molecule has 266 valence electrons. The second kappa shape index (κ2) is 18.8. The third-order valence-electron chi connectivity index (χ3n) is 7.64. The highest BCUT2D eigenvalue weighted by Gasteiger charge is 2.31. The predicted octanol–water partition coefficient (Wildman–Crippen LogP) is 5.08. The van der Waals surface area contributed by atoms with Crippen LogP contribution in [-0.2, 0) is 12.8 Å². The number of unbranched alkanes of at least 4 members (excludes halogenated alkanes) is 2. The standard InChI is InChI=1S/C33H53N9O3S3/c1-17(2)15-22(40-33(45)29-26(39-20(6)46-29)21(36)11-7-9-13-34)27-30(47-23(41-27)12-8-10-14-35)32(44)38-19(5)25-28(31(37)43)48-24(42-25)16-18(3)4/h17-19,21-22H,7-16,34-36H2,1-6H3,(H2,37,43)(H,38,44)(H,40,45)/t19-,21-,22-/m0/s1. The molecule has 3 heterocycles. The highest BCUT2D eigenvalue weighted by molar-refractivity contribution is 7.14. The Morgan fingerprint density at radius 3 is 1.96 bits per heavy atom. The first kappa shape index (κ1) is 39.6. The minimum atomic E-state index is -0.588. The molecule has 0 saturated heterocycles. The highest BCUT2D eigenvalue weighted by Crippen LogP contribution is 2.33. The number of carbonyl (C=O) groups is 3. The van der Waals surface area contributed by atoms with E-state index in [1.165, 1.54) is 34.0 Å². The summed E-state index contributed by atoms with van der Waals surface area (Å²) in [5, 5.41) is 8.58. The zero-order valence-electron chi connectivity index (χ0n) is 29.1. The first-order valence-electron chi connectivity index (χ1n) is 16.8. The van der Waals surface area contributed by atoms with Gasteiger partial charge >= 0.3 is 0 Å².